The van der Waals surface area contributed by atoms with Crippen LogP contribution in [-0.4, -0.2) is 47.0 Å². The van der Waals surface area contributed by atoms with Gasteiger partial charge in [-0.05, 0) is 37.4 Å². The summed E-state index contributed by atoms with van der Waals surface area (Å²) in [7, 11) is 0. The van der Waals surface area contributed by atoms with E-state index in [0.717, 1.165) is 0 Å². The maximum atomic E-state index is 12.8. The molecule has 2 aromatic rings. The van der Waals surface area contributed by atoms with Crippen molar-refractivity contribution in [1.82, 2.24) is 9.88 Å². The molecule has 0 radical (unpaired) electrons. The van der Waals surface area contributed by atoms with Crippen molar-refractivity contribution in [3.63, 3.8) is 0 Å². The van der Waals surface area contributed by atoms with Crippen molar-refractivity contribution in [2.24, 2.45) is 0 Å². The number of aromatic nitrogens is 1. The molecule has 0 unspecified atom stereocenters. The molecule has 24 heavy (non-hydrogen) atoms. The molecule has 0 spiro atoms. The van der Waals surface area contributed by atoms with Gasteiger partial charge in [0.2, 0.25) is 0 Å². The molecule has 2 amide bonds. The Hall–Kier alpha value is -2.25. The van der Waals surface area contributed by atoms with Crippen LogP contribution in [0.2, 0.25) is 0 Å². The Morgan fingerprint density at radius 2 is 1.88 bits per heavy atom. The predicted molar refractivity (Wildman–Crippen MR) is 92.4 cm³/mol. The van der Waals surface area contributed by atoms with Crippen molar-refractivity contribution in [3.8, 4) is 0 Å². The summed E-state index contributed by atoms with van der Waals surface area (Å²) in [6, 6.07) is 5.02. The Morgan fingerprint density at radius 3 is 2.54 bits per heavy atom. The maximum absolute atomic E-state index is 12.8. The topological polar surface area (TPSA) is 71.5 Å². The zero-order valence-electron chi connectivity index (χ0n) is 13.6. The number of ether oxygens (including phenoxy) is 1. The third kappa shape index (κ3) is 3.63. The van der Waals surface area contributed by atoms with Crippen LogP contribution in [0.3, 0.4) is 0 Å². The normalized spacial score (nSPS) is 20.7. The second-order valence-electron chi connectivity index (χ2n) is 5.82. The van der Waals surface area contributed by atoms with Crippen LogP contribution in [0.25, 0.3) is 0 Å². The van der Waals surface area contributed by atoms with Gasteiger partial charge in [0, 0.05) is 31.0 Å². The summed E-state index contributed by atoms with van der Waals surface area (Å²) < 4.78 is 5.67. The average molecular weight is 345 g/mol. The van der Waals surface area contributed by atoms with Gasteiger partial charge in [-0.3, -0.25) is 14.6 Å². The molecule has 3 rings (SSSR count). The van der Waals surface area contributed by atoms with E-state index in [9.17, 15) is 9.59 Å². The molecule has 3 heterocycles. The number of amides is 2. The highest BCUT2D eigenvalue weighted by molar-refractivity contribution is 7.12. The van der Waals surface area contributed by atoms with Gasteiger partial charge in [0.15, 0.2) is 0 Å². The molecule has 1 N–H and O–H groups in total. The summed E-state index contributed by atoms with van der Waals surface area (Å²) in [6.07, 6.45) is 3.14. The molecular weight excluding hydrogens is 326 g/mol. The zero-order chi connectivity index (χ0) is 17.1. The Labute approximate surface area is 144 Å². The van der Waals surface area contributed by atoms with Crippen LogP contribution in [-0.2, 0) is 4.74 Å². The molecule has 0 aliphatic carbocycles. The summed E-state index contributed by atoms with van der Waals surface area (Å²) >= 11 is 1.33. The van der Waals surface area contributed by atoms with Crippen LogP contribution in [0.5, 0.6) is 0 Å². The Morgan fingerprint density at radius 1 is 1.21 bits per heavy atom. The van der Waals surface area contributed by atoms with Crippen molar-refractivity contribution in [2.45, 2.75) is 26.1 Å². The largest absolute Gasteiger partial charge is 0.372 e. The number of carbonyl (C=O) groups is 2. The van der Waals surface area contributed by atoms with E-state index in [1.165, 1.54) is 11.3 Å². The minimum Gasteiger partial charge on any atom is -0.372 e. The van der Waals surface area contributed by atoms with E-state index in [1.807, 2.05) is 19.2 Å². The number of anilines is 1. The summed E-state index contributed by atoms with van der Waals surface area (Å²) in [5.74, 6) is -0.328. The van der Waals surface area contributed by atoms with Gasteiger partial charge in [0.1, 0.15) is 4.88 Å². The summed E-state index contributed by atoms with van der Waals surface area (Å²) in [4.78, 5) is 31.3. The molecule has 2 atom stereocenters. The molecule has 0 bridgehead atoms. The molecule has 1 fully saturated rings. The van der Waals surface area contributed by atoms with Crippen molar-refractivity contribution in [2.75, 3.05) is 18.4 Å². The first kappa shape index (κ1) is 16.6. The number of rotatable bonds is 3. The maximum Gasteiger partial charge on any atom is 0.266 e. The molecule has 0 saturated carbocycles. The second-order valence-corrected chi connectivity index (χ2v) is 6.74. The Balaban J connectivity index is 1.75. The number of hydrogen-bond acceptors (Lipinski definition) is 5. The number of nitrogens with zero attached hydrogens (tertiary/aromatic N) is 2. The number of pyridine rings is 1. The van der Waals surface area contributed by atoms with E-state index in [2.05, 4.69) is 10.3 Å². The number of carbonyl (C=O) groups excluding carboxylic acids is 2. The molecule has 126 valence electrons. The van der Waals surface area contributed by atoms with Gasteiger partial charge in [0.05, 0.1) is 17.9 Å². The van der Waals surface area contributed by atoms with E-state index < -0.39 is 0 Å². The summed E-state index contributed by atoms with van der Waals surface area (Å²) in [5, 5.41) is 4.62. The van der Waals surface area contributed by atoms with Gasteiger partial charge in [-0.2, -0.15) is 0 Å². The standard InChI is InChI=1S/C17H19N3O3S/c1-11-9-20(10-12(2)23-11)17(22)15-14(5-8-24-15)19-16(21)13-3-6-18-7-4-13/h3-8,11-12H,9-10H2,1-2H3,(H,19,21)/t11-,12-/m0/s1. The summed E-state index contributed by atoms with van der Waals surface area (Å²) in [6.45, 7) is 5.02. The summed E-state index contributed by atoms with van der Waals surface area (Å²) in [5.41, 5.74) is 1.04. The minimum absolute atomic E-state index is 0.00696. The molecule has 6 nitrogen and oxygen atoms in total. The van der Waals surface area contributed by atoms with Crippen LogP contribution < -0.4 is 5.32 Å². The Bertz CT molecular complexity index is 722. The van der Waals surface area contributed by atoms with Crippen LogP contribution in [0.15, 0.2) is 36.0 Å². The number of hydrogen-bond donors (Lipinski definition) is 1. The molecule has 7 heteroatoms. The van der Waals surface area contributed by atoms with E-state index in [4.69, 9.17) is 4.74 Å². The van der Waals surface area contributed by atoms with Gasteiger partial charge in [-0.1, -0.05) is 0 Å². The van der Waals surface area contributed by atoms with Crippen LogP contribution in [0.4, 0.5) is 5.69 Å². The van der Waals surface area contributed by atoms with Gasteiger partial charge >= 0.3 is 0 Å². The Kier molecular flexibility index (Phi) is 4.92. The van der Waals surface area contributed by atoms with E-state index in [0.29, 0.717) is 29.2 Å². The third-order valence-corrected chi connectivity index (χ3v) is 4.66. The van der Waals surface area contributed by atoms with Crippen molar-refractivity contribution in [3.05, 3.63) is 46.4 Å². The van der Waals surface area contributed by atoms with Crippen molar-refractivity contribution < 1.29 is 14.3 Å². The van der Waals surface area contributed by atoms with Crippen molar-refractivity contribution in [1.29, 1.82) is 0 Å². The van der Waals surface area contributed by atoms with Gasteiger partial charge < -0.3 is 15.0 Å². The molecule has 0 aromatic carbocycles. The van der Waals surface area contributed by atoms with Crippen molar-refractivity contribution >= 4 is 28.8 Å². The van der Waals surface area contributed by atoms with Gasteiger partial charge in [-0.25, -0.2) is 0 Å². The lowest BCUT2D eigenvalue weighted by atomic mass is 10.2. The fourth-order valence-corrected chi connectivity index (χ4v) is 3.57. The van der Waals surface area contributed by atoms with E-state index in [1.54, 1.807) is 35.5 Å². The smallest absolute Gasteiger partial charge is 0.266 e. The lowest BCUT2D eigenvalue weighted by Gasteiger charge is -2.35. The molecule has 2 aromatic heterocycles. The lowest BCUT2D eigenvalue weighted by Crippen LogP contribution is -2.48. The van der Waals surface area contributed by atoms with E-state index in [-0.39, 0.29) is 24.0 Å². The number of thiophene rings is 1. The quantitative estimate of drug-likeness (QED) is 0.928. The molecule has 1 saturated heterocycles. The molecule has 1 aliphatic heterocycles. The fourth-order valence-electron chi connectivity index (χ4n) is 2.76. The van der Waals surface area contributed by atoms with Gasteiger partial charge in [0.25, 0.3) is 11.8 Å². The fraction of sp³-hybridized carbons (Fsp3) is 0.353. The predicted octanol–water partition coefficient (Wildman–Crippen LogP) is 2.64. The van der Waals surface area contributed by atoms with Gasteiger partial charge in [-0.15, -0.1) is 11.3 Å². The highest BCUT2D eigenvalue weighted by atomic mass is 32.1. The minimum atomic E-state index is -0.256. The highest BCUT2D eigenvalue weighted by Crippen LogP contribution is 2.26. The first-order valence-electron chi connectivity index (χ1n) is 7.78. The molecule has 1 aliphatic rings. The monoisotopic (exact) mass is 345 g/mol. The average Bonchev–Trinajstić information content (AvgIpc) is 3.02. The SMILES string of the molecule is C[C@H]1CN(C(=O)c2sccc2NC(=O)c2ccncc2)C[C@H](C)O1. The number of morpholine rings is 1. The van der Waals surface area contributed by atoms with Crippen LogP contribution >= 0.6 is 11.3 Å². The van der Waals surface area contributed by atoms with Crippen LogP contribution in [0, 0.1) is 0 Å². The first-order valence-corrected chi connectivity index (χ1v) is 8.66. The third-order valence-electron chi connectivity index (χ3n) is 3.76. The lowest BCUT2D eigenvalue weighted by molar-refractivity contribution is -0.0584. The highest BCUT2D eigenvalue weighted by Gasteiger charge is 2.28. The van der Waals surface area contributed by atoms with E-state index >= 15 is 0 Å². The number of nitrogens with one attached hydrogen (secondary N) is 1. The van der Waals surface area contributed by atoms with Crippen LogP contribution in [0.1, 0.15) is 33.9 Å². The second kappa shape index (κ2) is 7.11. The first-order chi connectivity index (χ1) is 11.5. The zero-order valence-corrected chi connectivity index (χ0v) is 14.4. The molecular formula is C17H19N3O3S.